The lowest BCUT2D eigenvalue weighted by molar-refractivity contribution is 0.0864. The fourth-order valence-electron chi connectivity index (χ4n) is 1.44. The average Bonchev–Trinajstić information content (AvgIpc) is 2.10. The smallest absolute Gasteiger partial charge is 0.331 e. The third kappa shape index (κ3) is 5.78. The quantitative estimate of drug-likeness (QED) is 0.608. The zero-order valence-electron chi connectivity index (χ0n) is 10.6. The molecular formula is C11H26O2Si. The molecule has 0 rings (SSSR count). The Labute approximate surface area is 90.2 Å². The van der Waals surface area contributed by atoms with Crippen molar-refractivity contribution in [3.8, 4) is 0 Å². The van der Waals surface area contributed by atoms with Crippen molar-refractivity contribution in [1.29, 1.82) is 0 Å². The van der Waals surface area contributed by atoms with Gasteiger partial charge in [0, 0.05) is 12.7 Å². The third-order valence-electron chi connectivity index (χ3n) is 2.23. The van der Waals surface area contributed by atoms with Crippen molar-refractivity contribution in [2.24, 2.45) is 5.92 Å². The fourth-order valence-corrected chi connectivity index (χ4v) is 3.37. The maximum absolute atomic E-state index is 6.07. The Morgan fingerprint density at radius 1 is 1.14 bits per heavy atom. The molecule has 0 aromatic heterocycles. The highest BCUT2D eigenvalue weighted by Crippen LogP contribution is 2.18. The Balaban J connectivity index is 4.03. The minimum absolute atomic E-state index is 0.355. The molecule has 3 heteroatoms. The summed E-state index contributed by atoms with van der Waals surface area (Å²) >= 11 is 0. The third-order valence-corrected chi connectivity index (χ3v) is 4.00. The van der Waals surface area contributed by atoms with Gasteiger partial charge >= 0.3 is 8.56 Å². The topological polar surface area (TPSA) is 18.5 Å². The molecule has 2 nitrogen and oxygen atoms in total. The van der Waals surface area contributed by atoms with E-state index >= 15 is 0 Å². The Bertz CT molecular complexity index is 146. The zero-order valence-corrected chi connectivity index (χ0v) is 11.6. The van der Waals surface area contributed by atoms with Gasteiger partial charge in [0.25, 0.3) is 0 Å². The summed E-state index contributed by atoms with van der Waals surface area (Å²) in [6.07, 6.45) is 2.50. The Morgan fingerprint density at radius 3 is 2.07 bits per heavy atom. The molecule has 0 saturated carbocycles. The Hall–Kier alpha value is 0.137. The summed E-state index contributed by atoms with van der Waals surface area (Å²) in [7, 11) is -1.87. The lowest BCUT2D eigenvalue weighted by Gasteiger charge is -2.30. The van der Waals surface area contributed by atoms with E-state index in [1.54, 1.807) is 0 Å². The molecule has 0 aromatic carbocycles. The highest BCUT2D eigenvalue weighted by molar-refractivity contribution is 6.64. The second kappa shape index (κ2) is 6.59. The maximum Gasteiger partial charge on any atom is 0.331 e. The first-order chi connectivity index (χ1) is 6.43. The van der Waals surface area contributed by atoms with Gasteiger partial charge in [0.15, 0.2) is 0 Å². The van der Waals surface area contributed by atoms with Crippen molar-refractivity contribution in [2.45, 2.75) is 59.7 Å². The van der Waals surface area contributed by atoms with Crippen LogP contribution in [0, 0.1) is 5.92 Å². The lowest BCUT2D eigenvalue weighted by atomic mass is 10.1. The van der Waals surface area contributed by atoms with Gasteiger partial charge in [0.1, 0.15) is 0 Å². The van der Waals surface area contributed by atoms with Crippen LogP contribution in [0.25, 0.3) is 0 Å². The van der Waals surface area contributed by atoms with Crippen LogP contribution in [0.3, 0.4) is 0 Å². The Kier molecular flexibility index (Phi) is 6.65. The molecule has 86 valence electrons. The van der Waals surface area contributed by atoms with Gasteiger partial charge in [0.2, 0.25) is 0 Å². The van der Waals surface area contributed by atoms with Crippen LogP contribution >= 0.6 is 0 Å². The van der Waals surface area contributed by atoms with Gasteiger partial charge in [-0.3, -0.25) is 0 Å². The van der Waals surface area contributed by atoms with Crippen LogP contribution < -0.4 is 0 Å². The van der Waals surface area contributed by atoms with Crippen molar-refractivity contribution in [1.82, 2.24) is 0 Å². The van der Waals surface area contributed by atoms with Crippen LogP contribution in [0.5, 0.6) is 0 Å². The lowest BCUT2D eigenvalue weighted by Crippen LogP contribution is -2.40. The maximum atomic E-state index is 6.07. The van der Waals surface area contributed by atoms with Gasteiger partial charge in [-0.05, 0) is 31.9 Å². The summed E-state index contributed by atoms with van der Waals surface area (Å²) in [6.45, 7) is 13.8. The molecule has 14 heavy (non-hydrogen) atoms. The van der Waals surface area contributed by atoms with E-state index in [2.05, 4.69) is 40.8 Å². The van der Waals surface area contributed by atoms with E-state index in [0.29, 0.717) is 12.0 Å². The van der Waals surface area contributed by atoms with Crippen LogP contribution in [0.2, 0.25) is 13.1 Å². The molecule has 1 atom stereocenters. The fraction of sp³-hybridized carbons (Fsp3) is 1.00. The van der Waals surface area contributed by atoms with E-state index in [0.717, 1.165) is 19.4 Å². The summed E-state index contributed by atoms with van der Waals surface area (Å²) in [5, 5.41) is 0. The molecule has 0 radical (unpaired) electrons. The van der Waals surface area contributed by atoms with Gasteiger partial charge < -0.3 is 8.85 Å². The van der Waals surface area contributed by atoms with Crippen LogP contribution in [0.1, 0.15) is 40.5 Å². The molecule has 0 saturated heterocycles. The monoisotopic (exact) mass is 218 g/mol. The minimum Gasteiger partial charge on any atom is -0.395 e. The first kappa shape index (κ1) is 14.1. The molecular weight excluding hydrogens is 192 g/mol. The van der Waals surface area contributed by atoms with Crippen molar-refractivity contribution < 1.29 is 8.85 Å². The predicted octanol–water partition coefficient (Wildman–Crippen LogP) is 3.57. The van der Waals surface area contributed by atoms with Crippen LogP contribution in [-0.4, -0.2) is 21.3 Å². The molecule has 0 aromatic rings. The first-order valence-electron chi connectivity index (χ1n) is 5.74. The average molecular weight is 218 g/mol. The zero-order chi connectivity index (χ0) is 11.2. The molecule has 0 aliphatic carbocycles. The molecule has 0 N–H and O–H groups in total. The molecule has 0 fully saturated rings. The van der Waals surface area contributed by atoms with Crippen LogP contribution in [0.4, 0.5) is 0 Å². The summed E-state index contributed by atoms with van der Waals surface area (Å²) in [4.78, 5) is 0. The van der Waals surface area contributed by atoms with Crippen molar-refractivity contribution in [3.63, 3.8) is 0 Å². The van der Waals surface area contributed by atoms with E-state index in [4.69, 9.17) is 8.85 Å². The largest absolute Gasteiger partial charge is 0.395 e. The molecule has 0 spiro atoms. The second-order valence-electron chi connectivity index (χ2n) is 4.56. The van der Waals surface area contributed by atoms with E-state index < -0.39 is 8.56 Å². The summed E-state index contributed by atoms with van der Waals surface area (Å²) in [5.41, 5.74) is 0. The predicted molar refractivity (Wildman–Crippen MR) is 63.7 cm³/mol. The summed E-state index contributed by atoms with van der Waals surface area (Å²) in [6, 6.07) is 0. The standard InChI is InChI=1S/C11H26O2Si/c1-7-9-12-14(5,6)13-11(8-2)10(3)4/h10-11H,7-9H2,1-6H3. The minimum atomic E-state index is -1.87. The van der Waals surface area contributed by atoms with Crippen LogP contribution in [-0.2, 0) is 8.85 Å². The number of rotatable bonds is 7. The van der Waals surface area contributed by atoms with Crippen molar-refractivity contribution in [3.05, 3.63) is 0 Å². The SMILES string of the molecule is CCCO[Si](C)(C)OC(CC)C(C)C. The van der Waals surface area contributed by atoms with Gasteiger partial charge in [-0.2, -0.15) is 0 Å². The van der Waals surface area contributed by atoms with Gasteiger partial charge in [-0.1, -0.05) is 27.7 Å². The van der Waals surface area contributed by atoms with E-state index in [1.807, 2.05) is 0 Å². The van der Waals surface area contributed by atoms with Gasteiger partial charge in [-0.25, -0.2) is 0 Å². The van der Waals surface area contributed by atoms with E-state index in [1.165, 1.54) is 0 Å². The molecule has 0 aliphatic heterocycles. The van der Waals surface area contributed by atoms with E-state index in [9.17, 15) is 0 Å². The molecule has 1 unspecified atom stereocenters. The van der Waals surface area contributed by atoms with Gasteiger partial charge in [0.05, 0.1) is 0 Å². The number of hydrogen-bond acceptors (Lipinski definition) is 2. The van der Waals surface area contributed by atoms with Crippen molar-refractivity contribution >= 4 is 8.56 Å². The summed E-state index contributed by atoms with van der Waals surface area (Å²) < 4.78 is 11.8. The van der Waals surface area contributed by atoms with E-state index in [-0.39, 0.29) is 0 Å². The number of hydrogen-bond donors (Lipinski definition) is 0. The first-order valence-corrected chi connectivity index (χ1v) is 8.56. The second-order valence-corrected chi connectivity index (χ2v) is 7.88. The molecule has 0 aliphatic rings. The molecule has 0 heterocycles. The van der Waals surface area contributed by atoms with Crippen LogP contribution in [0.15, 0.2) is 0 Å². The molecule has 0 amide bonds. The normalized spacial score (nSPS) is 14.8. The highest BCUT2D eigenvalue weighted by atomic mass is 28.4. The highest BCUT2D eigenvalue weighted by Gasteiger charge is 2.28. The van der Waals surface area contributed by atoms with Crippen molar-refractivity contribution in [2.75, 3.05) is 6.61 Å². The summed E-state index contributed by atoms with van der Waals surface area (Å²) in [5.74, 6) is 0.581. The molecule has 0 bridgehead atoms. The Morgan fingerprint density at radius 2 is 1.71 bits per heavy atom. The van der Waals surface area contributed by atoms with Gasteiger partial charge in [-0.15, -0.1) is 0 Å².